The van der Waals surface area contributed by atoms with Crippen LogP contribution in [-0.2, 0) is 10.0 Å². The maximum atomic E-state index is 11.5. The highest BCUT2D eigenvalue weighted by molar-refractivity contribution is 7.89. The van der Waals surface area contributed by atoms with Crippen molar-refractivity contribution >= 4 is 21.6 Å². The summed E-state index contributed by atoms with van der Waals surface area (Å²) >= 11 is 0. The fourth-order valence-corrected chi connectivity index (χ4v) is 2.87. The van der Waals surface area contributed by atoms with Crippen molar-refractivity contribution in [2.24, 2.45) is 5.14 Å². The van der Waals surface area contributed by atoms with Gasteiger partial charge in [-0.2, -0.15) is 14.6 Å². The Balaban J connectivity index is 1.95. The number of anilines is 1. The Morgan fingerprint density at radius 1 is 1.30 bits per heavy atom. The van der Waals surface area contributed by atoms with Gasteiger partial charge in [-0.25, -0.2) is 18.5 Å². The first-order chi connectivity index (χ1) is 10.8. The molecule has 8 nitrogen and oxygen atoms in total. The van der Waals surface area contributed by atoms with Gasteiger partial charge in [0.05, 0.1) is 4.90 Å². The van der Waals surface area contributed by atoms with Crippen LogP contribution >= 0.6 is 0 Å². The van der Waals surface area contributed by atoms with Crippen LogP contribution in [0, 0.1) is 6.92 Å². The van der Waals surface area contributed by atoms with Crippen molar-refractivity contribution < 1.29 is 8.42 Å². The molecule has 0 saturated heterocycles. The van der Waals surface area contributed by atoms with E-state index in [0.29, 0.717) is 5.78 Å². The predicted molar refractivity (Wildman–Crippen MR) is 85.4 cm³/mol. The topological polar surface area (TPSA) is 115 Å². The summed E-state index contributed by atoms with van der Waals surface area (Å²) < 4.78 is 24.5. The van der Waals surface area contributed by atoms with E-state index >= 15 is 0 Å². The van der Waals surface area contributed by atoms with E-state index < -0.39 is 10.0 Å². The van der Waals surface area contributed by atoms with Gasteiger partial charge in [-0.1, -0.05) is 12.1 Å². The van der Waals surface area contributed by atoms with Crippen LogP contribution in [0.5, 0.6) is 0 Å². The lowest BCUT2D eigenvalue weighted by Gasteiger charge is -2.17. The third-order valence-corrected chi connectivity index (χ3v) is 4.34. The van der Waals surface area contributed by atoms with Gasteiger partial charge < -0.3 is 5.32 Å². The molecule has 0 spiro atoms. The molecular weight excluding hydrogens is 316 g/mol. The van der Waals surface area contributed by atoms with Gasteiger partial charge in [-0.3, -0.25) is 0 Å². The molecular formula is C14H16N6O2S. The molecule has 0 aliphatic carbocycles. The van der Waals surface area contributed by atoms with Crippen molar-refractivity contribution in [1.29, 1.82) is 0 Å². The van der Waals surface area contributed by atoms with Crippen molar-refractivity contribution in [3.05, 3.63) is 47.9 Å². The number of nitrogens with two attached hydrogens (primary N) is 1. The zero-order chi connectivity index (χ0) is 16.6. The average Bonchev–Trinajstić information content (AvgIpc) is 2.94. The Morgan fingerprint density at radius 3 is 2.83 bits per heavy atom. The molecule has 1 aromatic carbocycles. The Morgan fingerprint density at radius 2 is 2.09 bits per heavy atom. The minimum Gasteiger partial charge on any atom is -0.363 e. The number of fused-ring (bicyclic) bond motifs is 1. The third kappa shape index (κ3) is 3.15. The summed E-state index contributed by atoms with van der Waals surface area (Å²) in [5.41, 5.74) is 1.60. The lowest BCUT2D eigenvalue weighted by Crippen LogP contribution is -2.14. The number of aromatic nitrogens is 4. The molecule has 9 heteroatoms. The number of primary sulfonamides is 1. The molecule has 1 atom stereocenters. The van der Waals surface area contributed by atoms with Crippen molar-refractivity contribution in [2.45, 2.75) is 24.8 Å². The highest BCUT2D eigenvalue weighted by atomic mass is 32.2. The number of aryl methyl sites for hydroxylation is 1. The zero-order valence-electron chi connectivity index (χ0n) is 12.6. The summed E-state index contributed by atoms with van der Waals surface area (Å²) in [6.45, 7) is 3.78. The number of nitrogens with zero attached hydrogens (tertiary/aromatic N) is 4. The molecule has 0 bridgehead atoms. The van der Waals surface area contributed by atoms with Gasteiger partial charge in [0.1, 0.15) is 12.1 Å². The molecule has 3 rings (SSSR count). The summed E-state index contributed by atoms with van der Waals surface area (Å²) in [6.07, 6.45) is 1.43. The smallest absolute Gasteiger partial charge is 0.254 e. The second kappa shape index (κ2) is 5.60. The van der Waals surface area contributed by atoms with Crippen LogP contribution in [-0.4, -0.2) is 28.0 Å². The van der Waals surface area contributed by atoms with Crippen molar-refractivity contribution in [3.8, 4) is 0 Å². The van der Waals surface area contributed by atoms with Gasteiger partial charge in [-0.15, -0.1) is 0 Å². The first-order valence-electron chi connectivity index (χ1n) is 6.91. The van der Waals surface area contributed by atoms with Gasteiger partial charge >= 0.3 is 0 Å². The highest BCUT2D eigenvalue weighted by Crippen LogP contribution is 2.21. The SMILES string of the molecule is Cc1cc(NC(C)c2cccc(S(N)(=O)=O)c2)n2ncnc2n1. The van der Waals surface area contributed by atoms with E-state index in [2.05, 4.69) is 20.4 Å². The van der Waals surface area contributed by atoms with Gasteiger partial charge in [0.2, 0.25) is 10.0 Å². The monoisotopic (exact) mass is 332 g/mol. The molecule has 0 aliphatic rings. The van der Waals surface area contributed by atoms with Crippen LogP contribution in [0.4, 0.5) is 5.82 Å². The average molecular weight is 332 g/mol. The number of hydrogen-bond donors (Lipinski definition) is 2. The van der Waals surface area contributed by atoms with E-state index in [4.69, 9.17) is 5.14 Å². The van der Waals surface area contributed by atoms with Gasteiger partial charge in [0.15, 0.2) is 0 Å². The molecule has 2 aromatic heterocycles. The second-order valence-electron chi connectivity index (χ2n) is 5.24. The summed E-state index contributed by atoms with van der Waals surface area (Å²) in [5.74, 6) is 1.22. The van der Waals surface area contributed by atoms with Crippen LogP contribution < -0.4 is 10.5 Å². The molecule has 3 aromatic rings. The first-order valence-corrected chi connectivity index (χ1v) is 8.46. The molecule has 23 heavy (non-hydrogen) atoms. The third-order valence-electron chi connectivity index (χ3n) is 3.43. The van der Waals surface area contributed by atoms with E-state index in [0.717, 1.165) is 17.1 Å². The number of hydrogen-bond acceptors (Lipinski definition) is 6. The molecule has 1 unspecified atom stereocenters. The molecule has 0 saturated carbocycles. The molecule has 0 fully saturated rings. The quantitative estimate of drug-likeness (QED) is 0.743. The lowest BCUT2D eigenvalue weighted by molar-refractivity contribution is 0.597. The molecule has 0 radical (unpaired) electrons. The summed E-state index contributed by atoms with van der Waals surface area (Å²) in [5, 5.41) is 12.6. The molecule has 0 amide bonds. The van der Waals surface area contributed by atoms with E-state index in [1.807, 2.05) is 26.0 Å². The Labute approximate surface area is 133 Å². The summed E-state index contributed by atoms with van der Waals surface area (Å²) in [4.78, 5) is 8.43. The normalized spacial score (nSPS) is 13.2. The Kier molecular flexibility index (Phi) is 3.74. The predicted octanol–water partition coefficient (Wildman–Crippen LogP) is 1.25. The summed E-state index contributed by atoms with van der Waals surface area (Å²) in [7, 11) is -3.73. The number of nitrogens with one attached hydrogen (secondary N) is 1. The molecule has 3 N–H and O–H groups in total. The van der Waals surface area contributed by atoms with Gasteiger partial charge in [-0.05, 0) is 31.5 Å². The largest absolute Gasteiger partial charge is 0.363 e. The van der Waals surface area contributed by atoms with E-state index in [-0.39, 0.29) is 10.9 Å². The fourth-order valence-electron chi connectivity index (χ4n) is 2.30. The van der Waals surface area contributed by atoms with Crippen LogP contribution in [0.3, 0.4) is 0 Å². The van der Waals surface area contributed by atoms with E-state index in [1.165, 1.54) is 12.4 Å². The minimum absolute atomic E-state index is 0.0838. The Hall–Kier alpha value is -2.52. The second-order valence-corrected chi connectivity index (χ2v) is 6.80. The standard InChI is InChI=1S/C14H16N6O2S/c1-9-6-13(20-14(18-9)16-8-17-20)19-10(2)11-4-3-5-12(7-11)23(15,21)22/h3-8,10,19H,1-2H3,(H2,15,21,22). The number of sulfonamides is 1. The number of benzene rings is 1. The van der Waals surface area contributed by atoms with E-state index in [9.17, 15) is 8.42 Å². The van der Waals surface area contributed by atoms with E-state index in [1.54, 1.807) is 16.6 Å². The van der Waals surface area contributed by atoms with Crippen LogP contribution in [0.25, 0.3) is 5.78 Å². The summed E-state index contributed by atoms with van der Waals surface area (Å²) in [6, 6.07) is 8.21. The van der Waals surface area contributed by atoms with Crippen LogP contribution in [0.15, 0.2) is 41.6 Å². The maximum Gasteiger partial charge on any atom is 0.254 e. The van der Waals surface area contributed by atoms with Crippen LogP contribution in [0.2, 0.25) is 0 Å². The van der Waals surface area contributed by atoms with Gasteiger partial charge in [0, 0.05) is 17.8 Å². The van der Waals surface area contributed by atoms with Crippen molar-refractivity contribution in [1.82, 2.24) is 19.6 Å². The molecule has 2 heterocycles. The maximum absolute atomic E-state index is 11.5. The highest BCUT2D eigenvalue weighted by Gasteiger charge is 2.13. The first kappa shape index (κ1) is 15.4. The lowest BCUT2D eigenvalue weighted by atomic mass is 10.1. The number of rotatable bonds is 4. The van der Waals surface area contributed by atoms with Crippen LogP contribution in [0.1, 0.15) is 24.2 Å². The molecule has 120 valence electrons. The minimum atomic E-state index is -3.73. The fraction of sp³-hybridized carbons (Fsp3) is 0.214. The van der Waals surface area contributed by atoms with Gasteiger partial charge in [0.25, 0.3) is 5.78 Å². The molecule has 0 aliphatic heterocycles. The zero-order valence-corrected chi connectivity index (χ0v) is 13.4. The Bertz CT molecular complexity index is 966. The van der Waals surface area contributed by atoms with Crippen molar-refractivity contribution in [2.75, 3.05) is 5.32 Å². The van der Waals surface area contributed by atoms with Crippen molar-refractivity contribution in [3.63, 3.8) is 0 Å².